The summed E-state index contributed by atoms with van der Waals surface area (Å²) in [6.07, 6.45) is 1.76. The number of urea groups is 1. The first-order valence-corrected chi connectivity index (χ1v) is 10.2. The number of rotatable bonds is 5. The number of amides is 2. The quantitative estimate of drug-likeness (QED) is 0.476. The van der Waals surface area contributed by atoms with Crippen molar-refractivity contribution in [3.05, 3.63) is 99.6 Å². The molecule has 0 aliphatic carbocycles. The van der Waals surface area contributed by atoms with E-state index in [2.05, 4.69) is 15.6 Å². The highest BCUT2D eigenvalue weighted by molar-refractivity contribution is 5.99. The van der Waals surface area contributed by atoms with Crippen LogP contribution in [0.15, 0.2) is 71.7 Å². The van der Waals surface area contributed by atoms with E-state index in [0.29, 0.717) is 22.8 Å². The highest BCUT2D eigenvalue weighted by Gasteiger charge is 2.06. The molecule has 0 fully saturated rings. The molecule has 0 saturated heterocycles. The number of aromatic nitrogens is 2. The fourth-order valence-corrected chi connectivity index (χ4v) is 3.24. The Hall–Kier alpha value is -4.13. The van der Waals surface area contributed by atoms with Crippen LogP contribution in [0, 0.1) is 20.8 Å². The molecule has 0 bridgehead atoms. The van der Waals surface area contributed by atoms with Crippen LogP contribution in [0.3, 0.4) is 0 Å². The zero-order valence-electron chi connectivity index (χ0n) is 18.2. The van der Waals surface area contributed by atoms with Gasteiger partial charge in [0.2, 0.25) is 0 Å². The van der Waals surface area contributed by atoms with E-state index < -0.39 is 0 Å². The molecule has 2 aromatic carbocycles. The number of hydrogen-bond acceptors (Lipinski definition) is 4. The van der Waals surface area contributed by atoms with Crippen molar-refractivity contribution in [3.63, 3.8) is 0 Å². The summed E-state index contributed by atoms with van der Waals surface area (Å²) in [5.41, 5.74) is 5.63. The van der Waals surface area contributed by atoms with Gasteiger partial charge in [-0.2, -0.15) is 0 Å². The molecule has 0 unspecified atom stereocenters. The predicted molar refractivity (Wildman–Crippen MR) is 126 cm³/mol. The van der Waals surface area contributed by atoms with Gasteiger partial charge in [0.25, 0.3) is 5.56 Å². The molecule has 4 aromatic rings. The fraction of sp³-hybridized carbons (Fsp3) is 0.160. The second-order valence-corrected chi connectivity index (χ2v) is 7.71. The summed E-state index contributed by atoms with van der Waals surface area (Å²) in [5, 5.41) is 5.62. The third kappa shape index (κ3) is 4.95. The van der Waals surface area contributed by atoms with Gasteiger partial charge in [0.15, 0.2) is 0 Å². The number of nitrogens with zero attached hydrogens (tertiary/aromatic N) is 2. The lowest BCUT2D eigenvalue weighted by Crippen LogP contribution is -2.19. The van der Waals surface area contributed by atoms with E-state index in [1.165, 1.54) is 16.0 Å². The van der Waals surface area contributed by atoms with Crippen LogP contribution in [-0.4, -0.2) is 15.4 Å². The number of nitrogens with one attached hydrogen (secondary N) is 2. The van der Waals surface area contributed by atoms with Gasteiger partial charge in [-0.05, 0) is 79.9 Å². The van der Waals surface area contributed by atoms with Crippen molar-refractivity contribution >= 4 is 23.1 Å². The molecule has 2 aromatic heterocycles. The molecule has 162 valence electrons. The summed E-state index contributed by atoms with van der Waals surface area (Å²) < 4.78 is 7.28. The van der Waals surface area contributed by atoms with Crippen LogP contribution >= 0.6 is 0 Å². The molecule has 0 aliphatic heterocycles. The summed E-state index contributed by atoms with van der Waals surface area (Å²) in [6.45, 7) is 6.12. The SMILES string of the molecule is Cc1ccc2nc(COc3ccc(NC(=O)Nc4ccc(C)c(C)c4)cc3)cc(=O)n2c1. The Kier molecular flexibility index (Phi) is 5.89. The van der Waals surface area contributed by atoms with E-state index >= 15 is 0 Å². The smallest absolute Gasteiger partial charge is 0.323 e. The number of carbonyl (C=O) groups excluding carboxylic acids is 1. The Bertz CT molecular complexity index is 1340. The summed E-state index contributed by atoms with van der Waals surface area (Å²) in [6, 6.07) is 17.6. The molecule has 0 spiro atoms. The summed E-state index contributed by atoms with van der Waals surface area (Å²) >= 11 is 0. The lowest BCUT2D eigenvalue weighted by molar-refractivity contribution is 0.262. The lowest BCUT2D eigenvalue weighted by atomic mass is 10.1. The van der Waals surface area contributed by atoms with Gasteiger partial charge in [0.1, 0.15) is 18.0 Å². The average Bonchev–Trinajstić information content (AvgIpc) is 2.76. The summed E-state index contributed by atoms with van der Waals surface area (Å²) in [5.74, 6) is 0.607. The Balaban J connectivity index is 1.36. The molecular formula is C25H24N4O3. The number of hydrogen-bond donors (Lipinski definition) is 2. The normalized spacial score (nSPS) is 10.7. The average molecular weight is 428 g/mol. The number of pyridine rings is 1. The first kappa shape index (κ1) is 21.1. The van der Waals surface area contributed by atoms with Crippen molar-refractivity contribution in [2.75, 3.05) is 10.6 Å². The lowest BCUT2D eigenvalue weighted by Gasteiger charge is -2.10. The number of carbonyl (C=O) groups is 1. The van der Waals surface area contributed by atoms with Crippen molar-refractivity contribution in [2.24, 2.45) is 0 Å². The van der Waals surface area contributed by atoms with Gasteiger partial charge in [-0.15, -0.1) is 0 Å². The van der Waals surface area contributed by atoms with Gasteiger partial charge < -0.3 is 15.4 Å². The molecule has 4 rings (SSSR count). The molecule has 0 radical (unpaired) electrons. The Morgan fingerprint density at radius 2 is 1.62 bits per heavy atom. The van der Waals surface area contributed by atoms with E-state index in [1.54, 1.807) is 30.5 Å². The van der Waals surface area contributed by atoms with Crippen molar-refractivity contribution in [1.29, 1.82) is 0 Å². The highest BCUT2D eigenvalue weighted by atomic mass is 16.5. The van der Waals surface area contributed by atoms with E-state index in [-0.39, 0.29) is 18.2 Å². The van der Waals surface area contributed by atoms with E-state index in [0.717, 1.165) is 16.8 Å². The number of fused-ring (bicyclic) bond motifs is 1. The third-order valence-corrected chi connectivity index (χ3v) is 5.12. The maximum absolute atomic E-state index is 12.3. The van der Waals surface area contributed by atoms with Gasteiger partial charge in [0.05, 0.1) is 5.69 Å². The largest absolute Gasteiger partial charge is 0.487 e. The minimum absolute atomic E-state index is 0.147. The van der Waals surface area contributed by atoms with Crippen LogP contribution < -0.4 is 20.9 Å². The first-order chi connectivity index (χ1) is 15.4. The molecule has 0 aliphatic rings. The van der Waals surface area contributed by atoms with Crippen molar-refractivity contribution in [3.8, 4) is 5.75 Å². The second kappa shape index (κ2) is 8.93. The molecule has 0 saturated carbocycles. The Morgan fingerprint density at radius 3 is 2.38 bits per heavy atom. The van der Waals surface area contributed by atoms with Crippen LogP contribution in [0.2, 0.25) is 0 Å². The van der Waals surface area contributed by atoms with E-state index in [4.69, 9.17) is 4.74 Å². The molecule has 2 amide bonds. The molecule has 7 nitrogen and oxygen atoms in total. The second-order valence-electron chi connectivity index (χ2n) is 7.71. The number of aryl methyl sites for hydroxylation is 3. The zero-order valence-corrected chi connectivity index (χ0v) is 18.2. The topological polar surface area (TPSA) is 84.7 Å². The predicted octanol–water partition coefficient (Wildman–Crippen LogP) is 4.84. The molecule has 7 heteroatoms. The van der Waals surface area contributed by atoms with Crippen LogP contribution in [0.1, 0.15) is 22.4 Å². The maximum Gasteiger partial charge on any atom is 0.323 e. The summed E-state index contributed by atoms with van der Waals surface area (Å²) in [7, 11) is 0. The van der Waals surface area contributed by atoms with Crippen molar-refractivity contribution in [1.82, 2.24) is 9.38 Å². The number of ether oxygens (including phenoxy) is 1. The standard InChI is InChI=1S/C25H24N4O3/c1-16-4-11-23-26-21(13-24(30)29(23)14-16)15-32-22-9-7-19(8-10-22)27-25(31)28-20-6-5-17(2)18(3)12-20/h4-14H,15H2,1-3H3,(H2,27,28,31). The molecule has 2 N–H and O–H groups in total. The molecule has 0 atom stereocenters. The Morgan fingerprint density at radius 1 is 0.906 bits per heavy atom. The van der Waals surface area contributed by atoms with Gasteiger partial charge in [-0.25, -0.2) is 9.78 Å². The van der Waals surface area contributed by atoms with Gasteiger partial charge in [-0.3, -0.25) is 9.20 Å². The van der Waals surface area contributed by atoms with Gasteiger partial charge in [-0.1, -0.05) is 12.1 Å². The first-order valence-electron chi connectivity index (χ1n) is 10.2. The van der Waals surface area contributed by atoms with Crippen LogP contribution in [0.25, 0.3) is 5.65 Å². The minimum Gasteiger partial charge on any atom is -0.487 e. The Labute approximate surface area is 185 Å². The van der Waals surface area contributed by atoms with Gasteiger partial charge >= 0.3 is 6.03 Å². The maximum atomic E-state index is 12.3. The van der Waals surface area contributed by atoms with Crippen LogP contribution in [0.4, 0.5) is 16.2 Å². The van der Waals surface area contributed by atoms with E-state index in [9.17, 15) is 9.59 Å². The molecule has 32 heavy (non-hydrogen) atoms. The monoisotopic (exact) mass is 428 g/mol. The van der Waals surface area contributed by atoms with Crippen molar-refractivity contribution < 1.29 is 9.53 Å². The van der Waals surface area contributed by atoms with Gasteiger partial charge in [0, 0.05) is 23.6 Å². The minimum atomic E-state index is -0.321. The summed E-state index contributed by atoms with van der Waals surface area (Å²) in [4.78, 5) is 29.0. The highest BCUT2D eigenvalue weighted by Crippen LogP contribution is 2.18. The van der Waals surface area contributed by atoms with Crippen LogP contribution in [0.5, 0.6) is 5.75 Å². The van der Waals surface area contributed by atoms with Crippen LogP contribution in [-0.2, 0) is 6.61 Å². The zero-order chi connectivity index (χ0) is 22.7. The molecular weight excluding hydrogens is 404 g/mol. The number of anilines is 2. The number of benzene rings is 2. The third-order valence-electron chi connectivity index (χ3n) is 5.12. The van der Waals surface area contributed by atoms with Crippen molar-refractivity contribution in [2.45, 2.75) is 27.4 Å². The van der Waals surface area contributed by atoms with E-state index in [1.807, 2.05) is 51.1 Å². The molecule has 2 heterocycles. The fourth-order valence-electron chi connectivity index (χ4n) is 3.24.